The minimum atomic E-state index is -1.78. The van der Waals surface area contributed by atoms with Crippen LogP contribution in [-0.4, -0.2) is 11.2 Å². The Balaban J connectivity index is 2.66. The highest BCUT2D eigenvalue weighted by molar-refractivity contribution is 5.21. The van der Waals surface area contributed by atoms with Crippen molar-refractivity contribution in [2.45, 2.75) is 38.7 Å². The van der Waals surface area contributed by atoms with Crippen molar-refractivity contribution in [3.05, 3.63) is 34.9 Å². The summed E-state index contributed by atoms with van der Waals surface area (Å²) >= 11 is 0. The van der Waals surface area contributed by atoms with Crippen molar-refractivity contribution in [2.24, 2.45) is 0 Å². The molecule has 5 heteroatoms. The van der Waals surface area contributed by atoms with Gasteiger partial charge in [-0.3, -0.25) is 0 Å². The molecule has 1 unspecified atom stereocenters. The van der Waals surface area contributed by atoms with Crippen molar-refractivity contribution in [1.29, 1.82) is 0 Å². The molecule has 1 nitrogen and oxygen atoms in total. The molecule has 1 atom stereocenters. The van der Waals surface area contributed by atoms with Crippen LogP contribution in [0.2, 0.25) is 0 Å². The van der Waals surface area contributed by atoms with Crippen molar-refractivity contribution in [1.82, 2.24) is 0 Å². The molecule has 0 amide bonds. The van der Waals surface area contributed by atoms with Gasteiger partial charge in [0, 0.05) is 0 Å². The summed E-state index contributed by atoms with van der Waals surface area (Å²) in [6.07, 6.45) is 1.28. The zero-order valence-electron chi connectivity index (χ0n) is 9.44. The largest absolute Gasteiger partial charge is 0.393 e. The predicted octanol–water partition coefficient (Wildman–Crippen LogP) is 3.34. The van der Waals surface area contributed by atoms with Crippen molar-refractivity contribution in [2.75, 3.05) is 0 Å². The Morgan fingerprint density at radius 2 is 1.71 bits per heavy atom. The molecule has 0 saturated carbocycles. The Morgan fingerprint density at radius 1 is 1.06 bits per heavy atom. The topological polar surface area (TPSA) is 20.2 Å². The Kier molecular flexibility index (Phi) is 4.93. The van der Waals surface area contributed by atoms with Crippen LogP contribution in [0.3, 0.4) is 0 Å². The van der Waals surface area contributed by atoms with Gasteiger partial charge in [0.25, 0.3) is 0 Å². The maximum atomic E-state index is 13.2. The van der Waals surface area contributed by atoms with Gasteiger partial charge >= 0.3 is 0 Å². The minimum absolute atomic E-state index is 0.118. The van der Waals surface area contributed by atoms with E-state index in [0.717, 1.165) is 0 Å². The smallest absolute Gasteiger partial charge is 0.197 e. The van der Waals surface area contributed by atoms with Crippen LogP contribution in [0, 0.1) is 23.3 Å². The summed E-state index contributed by atoms with van der Waals surface area (Å²) in [7, 11) is 0. The van der Waals surface area contributed by atoms with Gasteiger partial charge in [-0.1, -0.05) is 6.42 Å². The van der Waals surface area contributed by atoms with Gasteiger partial charge in [-0.05, 0) is 37.8 Å². The number of hydrogen-bond donors (Lipinski definition) is 1. The van der Waals surface area contributed by atoms with Gasteiger partial charge in [-0.2, -0.15) is 0 Å². The Hall–Kier alpha value is -1.10. The van der Waals surface area contributed by atoms with E-state index in [4.69, 9.17) is 5.11 Å². The summed E-state index contributed by atoms with van der Waals surface area (Å²) in [5.74, 6) is -6.26. The van der Waals surface area contributed by atoms with E-state index in [1.807, 2.05) is 0 Å². The average Bonchev–Trinajstić information content (AvgIpc) is 2.27. The first-order chi connectivity index (χ1) is 7.93. The fraction of sp³-hybridized carbons (Fsp3) is 0.500. The highest BCUT2D eigenvalue weighted by atomic mass is 19.2. The van der Waals surface area contributed by atoms with Crippen molar-refractivity contribution < 1.29 is 22.7 Å². The van der Waals surface area contributed by atoms with E-state index in [-0.39, 0.29) is 12.0 Å². The second-order valence-corrected chi connectivity index (χ2v) is 4.05. The second-order valence-electron chi connectivity index (χ2n) is 4.05. The van der Waals surface area contributed by atoms with Crippen LogP contribution in [0.25, 0.3) is 0 Å². The third-order valence-electron chi connectivity index (χ3n) is 2.50. The molecule has 0 aliphatic carbocycles. The fourth-order valence-corrected chi connectivity index (χ4v) is 1.56. The molecular formula is C12H14F4O. The SMILES string of the molecule is CC(O)CCCCc1cc(F)c(F)c(F)c1F. The van der Waals surface area contributed by atoms with Gasteiger partial charge in [-0.25, -0.2) is 17.6 Å². The van der Waals surface area contributed by atoms with Crippen LogP contribution >= 0.6 is 0 Å². The molecule has 0 aliphatic heterocycles. The lowest BCUT2D eigenvalue weighted by atomic mass is 10.0. The van der Waals surface area contributed by atoms with E-state index >= 15 is 0 Å². The third kappa shape index (κ3) is 3.70. The molecule has 0 radical (unpaired) electrons. The molecule has 0 bridgehead atoms. The Bertz CT molecular complexity index is 391. The van der Waals surface area contributed by atoms with Gasteiger partial charge < -0.3 is 5.11 Å². The first-order valence-corrected chi connectivity index (χ1v) is 5.43. The molecule has 0 aromatic heterocycles. The lowest BCUT2D eigenvalue weighted by Gasteiger charge is -2.06. The number of aliphatic hydroxyl groups excluding tert-OH is 1. The van der Waals surface area contributed by atoms with Gasteiger partial charge in [0.15, 0.2) is 23.3 Å². The van der Waals surface area contributed by atoms with Crippen LogP contribution in [0.4, 0.5) is 17.6 Å². The normalized spacial score (nSPS) is 12.8. The lowest BCUT2D eigenvalue weighted by molar-refractivity contribution is 0.180. The molecule has 0 aliphatic rings. The minimum Gasteiger partial charge on any atom is -0.393 e. The number of halogens is 4. The molecule has 0 heterocycles. The summed E-state index contributed by atoms with van der Waals surface area (Å²) in [5.41, 5.74) is -0.174. The molecule has 1 aromatic rings. The van der Waals surface area contributed by atoms with Crippen molar-refractivity contribution in [3.63, 3.8) is 0 Å². The van der Waals surface area contributed by atoms with Crippen LogP contribution in [0.15, 0.2) is 6.07 Å². The standard InChI is InChI=1S/C12H14F4O/c1-7(17)4-2-3-5-8-6-9(13)11(15)12(16)10(8)14/h6-7,17H,2-5H2,1H3. The molecule has 1 aromatic carbocycles. The third-order valence-corrected chi connectivity index (χ3v) is 2.50. The van der Waals surface area contributed by atoms with Gasteiger partial charge in [0.2, 0.25) is 0 Å². The summed E-state index contributed by atoms with van der Waals surface area (Å²) < 4.78 is 51.5. The zero-order chi connectivity index (χ0) is 13.0. The lowest BCUT2D eigenvalue weighted by Crippen LogP contribution is -2.03. The van der Waals surface area contributed by atoms with E-state index in [0.29, 0.717) is 25.3 Å². The van der Waals surface area contributed by atoms with Gasteiger partial charge in [-0.15, -0.1) is 0 Å². The molecule has 1 N–H and O–H groups in total. The van der Waals surface area contributed by atoms with Gasteiger partial charge in [0.05, 0.1) is 6.10 Å². The number of aliphatic hydroxyl groups is 1. The number of hydrogen-bond acceptors (Lipinski definition) is 1. The highest BCUT2D eigenvalue weighted by Crippen LogP contribution is 2.20. The Morgan fingerprint density at radius 3 is 2.29 bits per heavy atom. The van der Waals surface area contributed by atoms with E-state index in [9.17, 15) is 17.6 Å². The highest BCUT2D eigenvalue weighted by Gasteiger charge is 2.18. The second kappa shape index (κ2) is 6.00. The summed E-state index contributed by atoms with van der Waals surface area (Å²) in [6.45, 7) is 1.62. The molecule has 96 valence electrons. The van der Waals surface area contributed by atoms with Crippen LogP contribution in [-0.2, 0) is 6.42 Å². The van der Waals surface area contributed by atoms with Gasteiger partial charge in [0.1, 0.15) is 0 Å². The molecule has 17 heavy (non-hydrogen) atoms. The van der Waals surface area contributed by atoms with E-state index in [1.165, 1.54) is 0 Å². The van der Waals surface area contributed by atoms with Crippen LogP contribution in [0.5, 0.6) is 0 Å². The molecule has 1 rings (SSSR count). The first kappa shape index (κ1) is 14.0. The number of unbranched alkanes of at least 4 members (excludes halogenated alkanes) is 1. The van der Waals surface area contributed by atoms with E-state index in [1.54, 1.807) is 6.92 Å². The maximum Gasteiger partial charge on any atom is 0.197 e. The number of rotatable bonds is 5. The molecule has 0 saturated heterocycles. The molecule has 0 spiro atoms. The zero-order valence-corrected chi connectivity index (χ0v) is 9.44. The fourth-order valence-electron chi connectivity index (χ4n) is 1.56. The summed E-state index contributed by atoms with van der Waals surface area (Å²) in [4.78, 5) is 0. The van der Waals surface area contributed by atoms with Crippen molar-refractivity contribution in [3.8, 4) is 0 Å². The number of aryl methyl sites for hydroxylation is 1. The quantitative estimate of drug-likeness (QED) is 0.368. The monoisotopic (exact) mass is 250 g/mol. The van der Waals surface area contributed by atoms with Crippen LogP contribution in [0.1, 0.15) is 31.7 Å². The number of benzene rings is 1. The van der Waals surface area contributed by atoms with E-state index in [2.05, 4.69) is 0 Å². The summed E-state index contributed by atoms with van der Waals surface area (Å²) in [6, 6.07) is 0.677. The maximum absolute atomic E-state index is 13.2. The Labute approximate surface area is 97.1 Å². The molecular weight excluding hydrogens is 236 g/mol. The molecule has 0 fully saturated rings. The van der Waals surface area contributed by atoms with Crippen molar-refractivity contribution >= 4 is 0 Å². The first-order valence-electron chi connectivity index (χ1n) is 5.43. The predicted molar refractivity (Wildman–Crippen MR) is 55.5 cm³/mol. The summed E-state index contributed by atoms with van der Waals surface area (Å²) in [5, 5.41) is 8.99. The average molecular weight is 250 g/mol. The van der Waals surface area contributed by atoms with Crippen LogP contribution < -0.4 is 0 Å². The van der Waals surface area contributed by atoms with E-state index < -0.39 is 29.4 Å².